The van der Waals surface area contributed by atoms with E-state index in [1.54, 1.807) is 7.11 Å². The topological polar surface area (TPSA) is 27.7 Å². The molecule has 1 saturated heterocycles. The second-order valence-corrected chi connectivity index (χ2v) is 3.90. The molecule has 0 spiro atoms. The Morgan fingerprint density at radius 3 is 2.80 bits per heavy atom. The molecule has 0 N–H and O–H groups in total. The summed E-state index contributed by atoms with van der Waals surface area (Å²) >= 11 is 0. The lowest BCUT2D eigenvalue weighted by Crippen LogP contribution is -2.14. The van der Waals surface area contributed by atoms with E-state index in [9.17, 15) is 0 Å². The first-order chi connectivity index (χ1) is 7.28. The zero-order valence-corrected chi connectivity index (χ0v) is 9.10. The van der Waals surface area contributed by atoms with Crippen LogP contribution in [0.1, 0.15) is 13.3 Å². The molecule has 0 radical (unpaired) electrons. The summed E-state index contributed by atoms with van der Waals surface area (Å²) in [5, 5.41) is 0. The maximum atomic E-state index is 5.69. The Bertz CT molecular complexity index is 324. The van der Waals surface area contributed by atoms with E-state index in [1.165, 1.54) is 0 Å². The van der Waals surface area contributed by atoms with Crippen LogP contribution in [0.25, 0.3) is 0 Å². The van der Waals surface area contributed by atoms with Gasteiger partial charge in [0.15, 0.2) is 6.29 Å². The minimum atomic E-state index is -0.105. The van der Waals surface area contributed by atoms with Gasteiger partial charge in [0.2, 0.25) is 0 Å². The number of hydrogen-bond acceptors (Lipinski definition) is 3. The average Bonchev–Trinajstić information content (AvgIpc) is 2.64. The summed E-state index contributed by atoms with van der Waals surface area (Å²) < 4.78 is 16.3. The van der Waals surface area contributed by atoms with E-state index in [-0.39, 0.29) is 6.29 Å². The third kappa shape index (κ3) is 2.63. The smallest absolute Gasteiger partial charge is 0.200 e. The summed E-state index contributed by atoms with van der Waals surface area (Å²) in [6.07, 6.45) is 0.851. The first-order valence-electron chi connectivity index (χ1n) is 5.20. The van der Waals surface area contributed by atoms with Crippen LogP contribution < -0.4 is 9.47 Å². The van der Waals surface area contributed by atoms with Crippen LogP contribution in [0.5, 0.6) is 11.5 Å². The molecule has 1 fully saturated rings. The molecule has 1 unspecified atom stereocenters. The van der Waals surface area contributed by atoms with Crippen molar-refractivity contribution in [3.63, 3.8) is 0 Å². The molecule has 0 amide bonds. The van der Waals surface area contributed by atoms with Gasteiger partial charge in [-0.1, -0.05) is 13.0 Å². The third-order valence-corrected chi connectivity index (χ3v) is 2.47. The molecule has 1 heterocycles. The van der Waals surface area contributed by atoms with Crippen LogP contribution in [0.2, 0.25) is 0 Å². The van der Waals surface area contributed by atoms with E-state index < -0.39 is 0 Å². The minimum Gasteiger partial charge on any atom is -0.497 e. The molecule has 3 heteroatoms. The van der Waals surface area contributed by atoms with E-state index in [0.717, 1.165) is 24.5 Å². The van der Waals surface area contributed by atoms with Crippen LogP contribution in [-0.4, -0.2) is 20.0 Å². The van der Waals surface area contributed by atoms with Crippen molar-refractivity contribution in [2.75, 3.05) is 13.7 Å². The normalized spacial score (nSPS) is 25.2. The highest BCUT2D eigenvalue weighted by atomic mass is 16.7. The lowest BCUT2D eigenvalue weighted by atomic mass is 10.1. The summed E-state index contributed by atoms with van der Waals surface area (Å²) in [6.45, 7) is 2.95. The average molecular weight is 208 g/mol. The van der Waals surface area contributed by atoms with E-state index >= 15 is 0 Å². The van der Waals surface area contributed by atoms with Crippen LogP contribution in [0, 0.1) is 5.92 Å². The Kier molecular flexibility index (Phi) is 3.11. The van der Waals surface area contributed by atoms with E-state index in [1.807, 2.05) is 24.3 Å². The van der Waals surface area contributed by atoms with Crippen LogP contribution in [0.3, 0.4) is 0 Å². The highest BCUT2D eigenvalue weighted by Crippen LogP contribution is 2.25. The monoisotopic (exact) mass is 208 g/mol. The van der Waals surface area contributed by atoms with Gasteiger partial charge in [-0.15, -0.1) is 0 Å². The molecular formula is C12H16O3. The van der Waals surface area contributed by atoms with Crippen molar-refractivity contribution in [3.8, 4) is 11.5 Å². The molecule has 2 atom stereocenters. The predicted molar refractivity (Wildman–Crippen MR) is 57.1 cm³/mol. The lowest BCUT2D eigenvalue weighted by Gasteiger charge is -2.13. The molecule has 0 aliphatic carbocycles. The number of hydrogen-bond donors (Lipinski definition) is 0. The summed E-state index contributed by atoms with van der Waals surface area (Å²) in [6, 6.07) is 7.58. The zero-order chi connectivity index (χ0) is 10.7. The van der Waals surface area contributed by atoms with Gasteiger partial charge in [0.05, 0.1) is 13.7 Å². The van der Waals surface area contributed by atoms with Gasteiger partial charge in [-0.3, -0.25) is 0 Å². The van der Waals surface area contributed by atoms with Crippen molar-refractivity contribution in [3.05, 3.63) is 24.3 Å². The minimum absolute atomic E-state index is 0.105. The quantitative estimate of drug-likeness (QED) is 0.763. The van der Waals surface area contributed by atoms with Gasteiger partial charge < -0.3 is 14.2 Å². The molecule has 0 bridgehead atoms. The fourth-order valence-corrected chi connectivity index (χ4v) is 1.64. The van der Waals surface area contributed by atoms with Crippen molar-refractivity contribution in [2.45, 2.75) is 19.6 Å². The zero-order valence-electron chi connectivity index (χ0n) is 9.10. The van der Waals surface area contributed by atoms with Crippen LogP contribution in [0.4, 0.5) is 0 Å². The molecule has 82 valence electrons. The van der Waals surface area contributed by atoms with Crippen LogP contribution in [-0.2, 0) is 4.74 Å². The highest BCUT2D eigenvalue weighted by molar-refractivity contribution is 5.32. The maximum absolute atomic E-state index is 5.69. The third-order valence-electron chi connectivity index (χ3n) is 2.47. The van der Waals surface area contributed by atoms with Gasteiger partial charge in [-0.25, -0.2) is 0 Å². The molecule has 3 nitrogen and oxygen atoms in total. The Balaban J connectivity index is 1.98. The second kappa shape index (κ2) is 4.53. The van der Waals surface area contributed by atoms with Gasteiger partial charge >= 0.3 is 0 Å². The summed E-state index contributed by atoms with van der Waals surface area (Å²) in [7, 11) is 1.65. The van der Waals surface area contributed by atoms with Gasteiger partial charge in [0.1, 0.15) is 11.5 Å². The summed E-state index contributed by atoms with van der Waals surface area (Å²) in [5.41, 5.74) is 0. The summed E-state index contributed by atoms with van der Waals surface area (Å²) in [4.78, 5) is 0. The van der Waals surface area contributed by atoms with Crippen molar-refractivity contribution in [2.24, 2.45) is 5.92 Å². The maximum Gasteiger partial charge on any atom is 0.200 e. The fraction of sp³-hybridized carbons (Fsp3) is 0.500. The SMILES string of the molecule is COc1cccc(OC2C[C@@H](C)CO2)c1. The molecule has 1 aromatic rings. The number of methoxy groups -OCH3 is 1. The van der Waals surface area contributed by atoms with Crippen molar-refractivity contribution in [1.82, 2.24) is 0 Å². The molecule has 1 aliphatic rings. The van der Waals surface area contributed by atoms with E-state index in [4.69, 9.17) is 14.2 Å². The second-order valence-electron chi connectivity index (χ2n) is 3.90. The Morgan fingerprint density at radius 2 is 2.13 bits per heavy atom. The first-order valence-corrected chi connectivity index (χ1v) is 5.20. The van der Waals surface area contributed by atoms with Crippen molar-refractivity contribution >= 4 is 0 Å². The van der Waals surface area contributed by atoms with Crippen LogP contribution >= 0.6 is 0 Å². The number of ether oxygens (including phenoxy) is 3. The van der Waals surface area contributed by atoms with Crippen molar-refractivity contribution in [1.29, 1.82) is 0 Å². The van der Waals surface area contributed by atoms with Gasteiger partial charge in [0, 0.05) is 12.5 Å². The molecule has 1 aliphatic heterocycles. The number of rotatable bonds is 3. The lowest BCUT2D eigenvalue weighted by molar-refractivity contribution is -0.0394. The molecule has 15 heavy (non-hydrogen) atoms. The van der Waals surface area contributed by atoms with Crippen LogP contribution in [0.15, 0.2) is 24.3 Å². The Hall–Kier alpha value is -1.22. The van der Waals surface area contributed by atoms with Gasteiger partial charge in [-0.2, -0.15) is 0 Å². The molecule has 0 saturated carbocycles. The number of benzene rings is 1. The first kappa shape index (κ1) is 10.3. The van der Waals surface area contributed by atoms with E-state index in [0.29, 0.717) is 5.92 Å². The largest absolute Gasteiger partial charge is 0.497 e. The molecule has 0 aromatic heterocycles. The summed E-state index contributed by atoms with van der Waals surface area (Å²) in [5.74, 6) is 2.19. The molecular weight excluding hydrogens is 192 g/mol. The molecule has 1 aromatic carbocycles. The van der Waals surface area contributed by atoms with Crippen molar-refractivity contribution < 1.29 is 14.2 Å². The Labute approximate surface area is 90.0 Å². The van der Waals surface area contributed by atoms with E-state index in [2.05, 4.69) is 6.92 Å². The standard InChI is InChI=1S/C12H16O3/c1-9-6-12(14-8-9)15-11-5-3-4-10(7-11)13-2/h3-5,7,9,12H,6,8H2,1-2H3/t9-,12?/m1/s1. The van der Waals surface area contributed by atoms with Gasteiger partial charge in [0.25, 0.3) is 0 Å². The fourth-order valence-electron chi connectivity index (χ4n) is 1.64. The predicted octanol–water partition coefficient (Wildman–Crippen LogP) is 2.46. The van der Waals surface area contributed by atoms with Gasteiger partial charge in [-0.05, 0) is 18.1 Å². The molecule has 2 rings (SSSR count). The Morgan fingerprint density at radius 1 is 1.33 bits per heavy atom. The highest BCUT2D eigenvalue weighted by Gasteiger charge is 2.23.